The maximum atomic E-state index is 11.6. The van der Waals surface area contributed by atoms with Crippen molar-refractivity contribution in [2.24, 2.45) is 5.92 Å². The Balaban J connectivity index is 2.10. The molecule has 1 aromatic carbocycles. The van der Waals surface area contributed by atoms with E-state index in [0.29, 0.717) is 18.2 Å². The maximum Gasteiger partial charge on any atom is 0.220 e. The molecule has 1 unspecified atom stereocenters. The molecule has 0 bridgehead atoms. The van der Waals surface area contributed by atoms with Gasteiger partial charge in [-0.05, 0) is 30.7 Å². The molecule has 1 rings (SSSR count). The second kappa shape index (κ2) is 8.98. The topological polar surface area (TPSA) is 29.1 Å². The molecular weight excluding hydrogens is 246 g/mol. The highest BCUT2D eigenvalue weighted by Gasteiger charge is 2.05. The van der Waals surface area contributed by atoms with E-state index in [0.717, 1.165) is 25.8 Å². The van der Waals surface area contributed by atoms with Crippen molar-refractivity contribution >= 4 is 17.5 Å². The first-order chi connectivity index (χ1) is 8.72. The molecule has 1 aromatic rings. The first kappa shape index (κ1) is 15.0. The van der Waals surface area contributed by atoms with E-state index >= 15 is 0 Å². The lowest BCUT2D eigenvalue weighted by Gasteiger charge is -2.10. The second-order valence-electron chi connectivity index (χ2n) is 4.73. The average Bonchev–Trinajstić information content (AvgIpc) is 2.38. The SMILES string of the molecule is CC(CCCl)CNC(=O)CCCc1ccccc1. The Kier molecular flexibility index (Phi) is 7.51. The lowest BCUT2D eigenvalue weighted by atomic mass is 10.1. The molecule has 0 saturated heterocycles. The van der Waals surface area contributed by atoms with E-state index in [4.69, 9.17) is 11.6 Å². The predicted molar refractivity (Wildman–Crippen MR) is 76.9 cm³/mol. The molecule has 0 spiro atoms. The number of carbonyl (C=O) groups is 1. The standard InChI is InChI=1S/C15H22ClNO/c1-13(10-11-16)12-17-15(18)9-5-8-14-6-3-2-4-7-14/h2-4,6-7,13H,5,8-12H2,1H3,(H,17,18). The van der Waals surface area contributed by atoms with Gasteiger partial charge in [0.05, 0.1) is 0 Å². The summed E-state index contributed by atoms with van der Waals surface area (Å²) in [6, 6.07) is 10.3. The summed E-state index contributed by atoms with van der Waals surface area (Å²) in [5, 5.41) is 2.96. The third kappa shape index (κ3) is 6.65. The number of halogens is 1. The summed E-state index contributed by atoms with van der Waals surface area (Å²) in [7, 11) is 0. The Morgan fingerprint density at radius 2 is 2.06 bits per heavy atom. The normalized spacial score (nSPS) is 12.1. The highest BCUT2D eigenvalue weighted by atomic mass is 35.5. The molecule has 0 aromatic heterocycles. The Bertz CT molecular complexity index is 340. The van der Waals surface area contributed by atoms with Crippen LogP contribution in [0.2, 0.25) is 0 Å². The number of hydrogen-bond donors (Lipinski definition) is 1. The van der Waals surface area contributed by atoms with Crippen LogP contribution >= 0.6 is 11.6 Å². The lowest BCUT2D eigenvalue weighted by molar-refractivity contribution is -0.121. The monoisotopic (exact) mass is 267 g/mol. The van der Waals surface area contributed by atoms with Crippen LogP contribution in [0.3, 0.4) is 0 Å². The summed E-state index contributed by atoms with van der Waals surface area (Å²) in [6.07, 6.45) is 3.42. The summed E-state index contributed by atoms with van der Waals surface area (Å²) in [4.78, 5) is 11.6. The molecule has 0 radical (unpaired) electrons. The lowest BCUT2D eigenvalue weighted by Crippen LogP contribution is -2.28. The molecule has 0 aliphatic heterocycles. The summed E-state index contributed by atoms with van der Waals surface area (Å²) in [5.41, 5.74) is 1.29. The third-order valence-corrected chi connectivity index (χ3v) is 3.18. The van der Waals surface area contributed by atoms with Gasteiger partial charge in [0.1, 0.15) is 0 Å². The van der Waals surface area contributed by atoms with Crippen LogP contribution in [0.5, 0.6) is 0 Å². The molecule has 3 heteroatoms. The zero-order valence-corrected chi connectivity index (χ0v) is 11.7. The van der Waals surface area contributed by atoms with Gasteiger partial charge < -0.3 is 5.32 Å². The number of alkyl halides is 1. The maximum absolute atomic E-state index is 11.6. The summed E-state index contributed by atoms with van der Waals surface area (Å²) in [5.74, 6) is 1.26. The Morgan fingerprint density at radius 1 is 1.33 bits per heavy atom. The third-order valence-electron chi connectivity index (χ3n) is 2.96. The minimum atomic E-state index is 0.146. The van der Waals surface area contributed by atoms with Gasteiger partial charge in [0.25, 0.3) is 0 Å². The Labute approximate surface area is 115 Å². The van der Waals surface area contributed by atoms with Crippen LogP contribution in [-0.2, 0) is 11.2 Å². The van der Waals surface area contributed by atoms with Gasteiger partial charge in [-0.15, -0.1) is 11.6 Å². The van der Waals surface area contributed by atoms with Gasteiger partial charge in [0, 0.05) is 18.8 Å². The summed E-state index contributed by atoms with van der Waals surface area (Å²) >= 11 is 5.65. The second-order valence-corrected chi connectivity index (χ2v) is 5.10. The summed E-state index contributed by atoms with van der Waals surface area (Å²) in [6.45, 7) is 2.84. The van der Waals surface area contributed by atoms with Gasteiger partial charge in [-0.2, -0.15) is 0 Å². The smallest absolute Gasteiger partial charge is 0.220 e. The molecule has 0 aliphatic carbocycles. The number of aryl methyl sites for hydroxylation is 1. The molecule has 0 saturated carbocycles. The Hall–Kier alpha value is -1.02. The van der Waals surface area contributed by atoms with Gasteiger partial charge in [-0.25, -0.2) is 0 Å². The molecule has 1 amide bonds. The highest BCUT2D eigenvalue weighted by molar-refractivity contribution is 6.17. The van der Waals surface area contributed by atoms with E-state index < -0.39 is 0 Å². The van der Waals surface area contributed by atoms with Crippen LogP contribution in [0, 0.1) is 5.92 Å². The van der Waals surface area contributed by atoms with E-state index in [1.54, 1.807) is 0 Å². The van der Waals surface area contributed by atoms with Gasteiger partial charge in [0.15, 0.2) is 0 Å². The quantitative estimate of drug-likeness (QED) is 0.719. The number of nitrogens with one attached hydrogen (secondary N) is 1. The van der Waals surface area contributed by atoms with Gasteiger partial charge in [-0.1, -0.05) is 37.3 Å². The largest absolute Gasteiger partial charge is 0.356 e. The average molecular weight is 268 g/mol. The van der Waals surface area contributed by atoms with E-state index in [2.05, 4.69) is 24.4 Å². The van der Waals surface area contributed by atoms with Gasteiger partial charge >= 0.3 is 0 Å². The van der Waals surface area contributed by atoms with E-state index in [9.17, 15) is 4.79 Å². The van der Waals surface area contributed by atoms with Crippen LogP contribution in [0.25, 0.3) is 0 Å². The van der Waals surface area contributed by atoms with Crippen molar-refractivity contribution in [1.82, 2.24) is 5.32 Å². The van der Waals surface area contributed by atoms with Crippen LogP contribution in [0.15, 0.2) is 30.3 Å². The molecular formula is C15H22ClNO. The molecule has 0 fully saturated rings. The minimum Gasteiger partial charge on any atom is -0.356 e. The minimum absolute atomic E-state index is 0.146. The molecule has 100 valence electrons. The highest BCUT2D eigenvalue weighted by Crippen LogP contribution is 2.05. The predicted octanol–water partition coefficient (Wildman–Crippen LogP) is 3.39. The molecule has 18 heavy (non-hydrogen) atoms. The fraction of sp³-hybridized carbons (Fsp3) is 0.533. The summed E-state index contributed by atoms with van der Waals surface area (Å²) < 4.78 is 0. The number of hydrogen-bond acceptors (Lipinski definition) is 1. The van der Waals surface area contributed by atoms with Crippen molar-refractivity contribution in [3.63, 3.8) is 0 Å². The van der Waals surface area contributed by atoms with Crippen molar-refractivity contribution in [3.05, 3.63) is 35.9 Å². The molecule has 0 aliphatic rings. The van der Waals surface area contributed by atoms with Gasteiger partial charge in [0.2, 0.25) is 5.91 Å². The van der Waals surface area contributed by atoms with Crippen LogP contribution in [0.1, 0.15) is 31.7 Å². The van der Waals surface area contributed by atoms with Crippen molar-refractivity contribution < 1.29 is 4.79 Å². The van der Waals surface area contributed by atoms with Crippen LogP contribution in [-0.4, -0.2) is 18.3 Å². The first-order valence-electron chi connectivity index (χ1n) is 6.59. The molecule has 0 heterocycles. The zero-order chi connectivity index (χ0) is 13.2. The van der Waals surface area contributed by atoms with Gasteiger partial charge in [-0.3, -0.25) is 4.79 Å². The fourth-order valence-electron chi connectivity index (χ4n) is 1.76. The zero-order valence-electron chi connectivity index (χ0n) is 11.0. The number of benzene rings is 1. The fourth-order valence-corrected chi connectivity index (χ4v) is 2.14. The number of rotatable bonds is 8. The van der Waals surface area contributed by atoms with Crippen LogP contribution < -0.4 is 5.32 Å². The van der Waals surface area contributed by atoms with E-state index in [1.165, 1.54) is 5.56 Å². The van der Waals surface area contributed by atoms with Crippen molar-refractivity contribution in [1.29, 1.82) is 0 Å². The van der Waals surface area contributed by atoms with Crippen molar-refractivity contribution in [2.75, 3.05) is 12.4 Å². The first-order valence-corrected chi connectivity index (χ1v) is 7.12. The number of carbonyl (C=O) groups excluding carboxylic acids is 1. The molecule has 1 N–H and O–H groups in total. The van der Waals surface area contributed by atoms with Crippen molar-refractivity contribution in [2.45, 2.75) is 32.6 Å². The van der Waals surface area contributed by atoms with E-state index in [1.807, 2.05) is 18.2 Å². The molecule has 2 nitrogen and oxygen atoms in total. The van der Waals surface area contributed by atoms with E-state index in [-0.39, 0.29) is 5.91 Å². The molecule has 1 atom stereocenters. The Morgan fingerprint density at radius 3 is 2.72 bits per heavy atom. The van der Waals surface area contributed by atoms with Crippen LogP contribution in [0.4, 0.5) is 0 Å². The van der Waals surface area contributed by atoms with Crippen molar-refractivity contribution in [3.8, 4) is 0 Å². The number of amides is 1.